The van der Waals surface area contributed by atoms with Crippen LogP contribution >= 0.6 is 12.4 Å². The molecule has 1 aliphatic heterocycles. The Labute approximate surface area is 136 Å². The zero-order chi connectivity index (χ0) is 14.9. The van der Waals surface area contributed by atoms with Crippen LogP contribution in [0.4, 0.5) is 0 Å². The van der Waals surface area contributed by atoms with Gasteiger partial charge < -0.3 is 10.7 Å². The van der Waals surface area contributed by atoms with Gasteiger partial charge in [0.05, 0.1) is 0 Å². The Morgan fingerprint density at radius 2 is 2.27 bits per heavy atom. The van der Waals surface area contributed by atoms with Gasteiger partial charge in [-0.15, -0.1) is 12.4 Å². The number of aromatic amines is 1. The van der Waals surface area contributed by atoms with E-state index in [2.05, 4.69) is 9.97 Å². The molecule has 0 bridgehead atoms. The Hall–Kier alpha value is -1.15. The zero-order valence-electron chi connectivity index (χ0n) is 12.2. The number of hydrogen-bond acceptors (Lipinski definition) is 4. The van der Waals surface area contributed by atoms with Crippen LogP contribution in [0.3, 0.4) is 0 Å². The Morgan fingerprint density at radius 3 is 3.05 bits per heavy atom. The summed E-state index contributed by atoms with van der Waals surface area (Å²) in [6.07, 6.45) is 6.01. The van der Waals surface area contributed by atoms with E-state index in [0.717, 1.165) is 19.3 Å². The molecule has 0 amide bonds. The van der Waals surface area contributed by atoms with Crippen LogP contribution in [0.15, 0.2) is 29.4 Å². The van der Waals surface area contributed by atoms with Crippen LogP contribution in [0.5, 0.6) is 0 Å². The molecule has 6 nitrogen and oxygen atoms in total. The topological polar surface area (TPSA) is 92.1 Å². The number of piperidine rings is 1. The van der Waals surface area contributed by atoms with E-state index in [0.29, 0.717) is 41.5 Å². The number of H-pyrrole nitrogens is 1. The van der Waals surface area contributed by atoms with E-state index in [1.165, 1.54) is 0 Å². The number of fused-ring (bicyclic) bond motifs is 1. The van der Waals surface area contributed by atoms with Gasteiger partial charge in [0.25, 0.3) is 0 Å². The SMILES string of the molecule is Cl.NCCC1CCCN(S(=O)(=O)c2c[nH]c3ncccc23)C1. The van der Waals surface area contributed by atoms with Crippen LogP contribution in [-0.4, -0.2) is 42.3 Å². The first-order valence-corrected chi connectivity index (χ1v) is 8.69. The molecule has 0 radical (unpaired) electrons. The van der Waals surface area contributed by atoms with Gasteiger partial charge in [-0.2, -0.15) is 4.31 Å². The summed E-state index contributed by atoms with van der Waals surface area (Å²) in [6, 6.07) is 3.54. The zero-order valence-corrected chi connectivity index (χ0v) is 13.9. The third-order valence-corrected chi connectivity index (χ3v) is 5.99. The third-order valence-electron chi connectivity index (χ3n) is 4.09. The smallest absolute Gasteiger partial charge is 0.245 e. The number of sulfonamides is 1. The number of hydrogen-bond donors (Lipinski definition) is 2. The van der Waals surface area contributed by atoms with E-state index >= 15 is 0 Å². The summed E-state index contributed by atoms with van der Waals surface area (Å²) in [4.78, 5) is 7.40. The average Bonchev–Trinajstić information content (AvgIpc) is 2.92. The van der Waals surface area contributed by atoms with Crippen molar-refractivity contribution in [3.05, 3.63) is 24.5 Å². The van der Waals surface area contributed by atoms with Crippen molar-refractivity contribution in [2.45, 2.75) is 24.2 Å². The van der Waals surface area contributed by atoms with Gasteiger partial charge in [-0.25, -0.2) is 13.4 Å². The molecule has 1 aliphatic rings. The van der Waals surface area contributed by atoms with Crippen LogP contribution in [-0.2, 0) is 10.0 Å². The molecule has 1 unspecified atom stereocenters. The normalized spacial score (nSPS) is 20.0. The maximum absolute atomic E-state index is 12.9. The number of nitrogens with two attached hydrogens (primary N) is 1. The molecular weight excluding hydrogens is 324 g/mol. The van der Waals surface area contributed by atoms with Gasteiger partial charge in [-0.1, -0.05) is 0 Å². The molecular formula is C14H21ClN4O2S. The second kappa shape index (κ2) is 6.95. The molecule has 0 saturated carbocycles. The highest BCUT2D eigenvalue weighted by atomic mass is 35.5. The highest BCUT2D eigenvalue weighted by Crippen LogP contribution is 2.28. The van der Waals surface area contributed by atoms with E-state index in [4.69, 9.17) is 5.73 Å². The van der Waals surface area contributed by atoms with Crippen LogP contribution in [0.1, 0.15) is 19.3 Å². The van der Waals surface area contributed by atoms with Crippen molar-refractivity contribution in [3.8, 4) is 0 Å². The Morgan fingerprint density at radius 1 is 1.45 bits per heavy atom. The van der Waals surface area contributed by atoms with Crippen LogP contribution in [0, 0.1) is 5.92 Å². The molecule has 2 aromatic heterocycles. The first-order valence-electron chi connectivity index (χ1n) is 7.25. The second-order valence-corrected chi connectivity index (χ2v) is 7.41. The van der Waals surface area contributed by atoms with Crippen molar-refractivity contribution in [2.24, 2.45) is 11.7 Å². The molecule has 0 spiro atoms. The molecule has 1 atom stereocenters. The summed E-state index contributed by atoms with van der Waals surface area (Å²) in [5, 5.41) is 0.651. The quantitative estimate of drug-likeness (QED) is 0.883. The van der Waals surface area contributed by atoms with Crippen LogP contribution in [0.25, 0.3) is 11.0 Å². The predicted molar refractivity (Wildman–Crippen MR) is 88.5 cm³/mol. The first-order chi connectivity index (χ1) is 10.1. The summed E-state index contributed by atoms with van der Waals surface area (Å²) >= 11 is 0. The number of rotatable bonds is 4. The van der Waals surface area contributed by atoms with E-state index in [-0.39, 0.29) is 12.4 Å². The maximum atomic E-state index is 12.9. The number of halogens is 1. The standard InChI is InChI=1S/C14H20N4O2S.ClH/c15-6-5-11-3-2-8-18(10-11)21(19,20)13-9-17-14-12(13)4-1-7-16-14;/h1,4,7,9,11H,2-3,5-6,8,10,15H2,(H,16,17);1H. The molecule has 122 valence electrons. The lowest BCUT2D eigenvalue weighted by Gasteiger charge is -2.31. The van der Waals surface area contributed by atoms with Gasteiger partial charge in [0.15, 0.2) is 0 Å². The monoisotopic (exact) mass is 344 g/mol. The number of nitrogens with zero attached hydrogens (tertiary/aromatic N) is 2. The minimum Gasteiger partial charge on any atom is -0.345 e. The van der Waals surface area contributed by atoms with E-state index in [9.17, 15) is 8.42 Å². The van der Waals surface area contributed by atoms with Gasteiger partial charge >= 0.3 is 0 Å². The summed E-state index contributed by atoms with van der Waals surface area (Å²) in [6.45, 7) is 1.75. The van der Waals surface area contributed by atoms with E-state index in [1.807, 2.05) is 0 Å². The molecule has 1 saturated heterocycles. The molecule has 1 fully saturated rings. The molecule has 0 aromatic carbocycles. The highest BCUT2D eigenvalue weighted by molar-refractivity contribution is 7.89. The largest absolute Gasteiger partial charge is 0.345 e. The van der Waals surface area contributed by atoms with Crippen molar-refractivity contribution >= 4 is 33.5 Å². The second-order valence-electron chi connectivity index (χ2n) is 5.50. The van der Waals surface area contributed by atoms with E-state index < -0.39 is 10.0 Å². The number of aromatic nitrogens is 2. The average molecular weight is 345 g/mol. The lowest BCUT2D eigenvalue weighted by molar-refractivity contribution is 0.258. The summed E-state index contributed by atoms with van der Waals surface area (Å²) in [5.41, 5.74) is 6.20. The molecule has 2 aromatic rings. The number of nitrogens with one attached hydrogen (secondary N) is 1. The third kappa shape index (κ3) is 3.12. The molecule has 3 rings (SSSR count). The summed E-state index contributed by atoms with van der Waals surface area (Å²) in [5.74, 6) is 0.363. The van der Waals surface area contributed by atoms with Crippen molar-refractivity contribution in [1.29, 1.82) is 0 Å². The van der Waals surface area contributed by atoms with Crippen molar-refractivity contribution < 1.29 is 8.42 Å². The number of pyridine rings is 1. The van der Waals surface area contributed by atoms with Crippen molar-refractivity contribution in [2.75, 3.05) is 19.6 Å². The fourth-order valence-electron chi connectivity index (χ4n) is 3.00. The molecule has 3 N–H and O–H groups in total. The van der Waals surface area contributed by atoms with Gasteiger partial charge in [0.1, 0.15) is 10.5 Å². The summed E-state index contributed by atoms with van der Waals surface area (Å²) in [7, 11) is -3.48. The molecule has 3 heterocycles. The fourth-order valence-corrected chi connectivity index (χ4v) is 4.70. The van der Waals surface area contributed by atoms with E-state index in [1.54, 1.807) is 28.8 Å². The lowest BCUT2D eigenvalue weighted by atomic mass is 9.96. The Balaban J connectivity index is 0.00000176. The molecule has 0 aliphatic carbocycles. The molecule has 8 heteroatoms. The van der Waals surface area contributed by atoms with Gasteiger partial charge in [-0.3, -0.25) is 0 Å². The maximum Gasteiger partial charge on any atom is 0.245 e. The Kier molecular flexibility index (Phi) is 5.44. The van der Waals surface area contributed by atoms with Crippen LogP contribution < -0.4 is 5.73 Å². The predicted octanol–water partition coefficient (Wildman–Crippen LogP) is 1.73. The van der Waals surface area contributed by atoms with Crippen molar-refractivity contribution in [1.82, 2.24) is 14.3 Å². The fraction of sp³-hybridized carbons (Fsp3) is 0.500. The summed E-state index contributed by atoms with van der Waals surface area (Å²) < 4.78 is 27.3. The molecule has 22 heavy (non-hydrogen) atoms. The Bertz CT molecular complexity index is 729. The minimum atomic E-state index is -3.48. The van der Waals surface area contributed by atoms with Gasteiger partial charge in [-0.05, 0) is 43.9 Å². The van der Waals surface area contributed by atoms with Crippen LogP contribution in [0.2, 0.25) is 0 Å². The van der Waals surface area contributed by atoms with Gasteiger partial charge in [0, 0.05) is 30.9 Å². The van der Waals surface area contributed by atoms with Gasteiger partial charge in [0.2, 0.25) is 10.0 Å². The first kappa shape index (κ1) is 17.2. The minimum absolute atomic E-state index is 0. The van der Waals surface area contributed by atoms with Crippen molar-refractivity contribution in [3.63, 3.8) is 0 Å². The lowest BCUT2D eigenvalue weighted by Crippen LogP contribution is -2.40. The highest BCUT2D eigenvalue weighted by Gasteiger charge is 2.31.